The SMILES string of the molecule is CO[C@H]1CC[C@@H]1N(C)c1cc(Nc2cccn(C3C4COCC43)c2=O)nn2c(C(N)=O)cnc12. The molecule has 2 saturated carbocycles. The van der Waals surface area contributed by atoms with Crippen LogP contribution in [-0.2, 0) is 9.47 Å². The number of nitrogens with two attached hydrogens (primary N) is 1. The first-order chi connectivity index (χ1) is 16.5. The molecule has 0 bridgehead atoms. The molecular weight excluding hydrogens is 438 g/mol. The van der Waals surface area contributed by atoms with Gasteiger partial charge in [0.15, 0.2) is 11.5 Å². The minimum absolute atomic E-state index is 0.113. The van der Waals surface area contributed by atoms with Gasteiger partial charge in [0.25, 0.3) is 11.5 Å². The molecular formula is C23H27N7O4. The Morgan fingerprint density at radius 2 is 2.12 bits per heavy atom. The average Bonchev–Trinajstić information content (AvgIpc) is 3.13. The van der Waals surface area contributed by atoms with E-state index >= 15 is 0 Å². The van der Waals surface area contributed by atoms with Gasteiger partial charge in [0.2, 0.25) is 0 Å². The molecule has 1 aliphatic heterocycles. The van der Waals surface area contributed by atoms with Crippen molar-refractivity contribution in [2.45, 2.75) is 31.0 Å². The number of pyridine rings is 1. The van der Waals surface area contributed by atoms with Gasteiger partial charge in [-0.05, 0) is 25.0 Å². The summed E-state index contributed by atoms with van der Waals surface area (Å²) in [6.45, 7) is 1.40. The zero-order chi connectivity index (χ0) is 23.6. The number of fused-ring (bicyclic) bond motifs is 2. The number of rotatable bonds is 7. The quantitative estimate of drug-likeness (QED) is 0.532. The highest BCUT2D eigenvalue weighted by atomic mass is 16.5. The highest BCUT2D eigenvalue weighted by molar-refractivity contribution is 5.92. The molecule has 11 nitrogen and oxygen atoms in total. The fraction of sp³-hybridized carbons (Fsp3) is 0.478. The largest absolute Gasteiger partial charge is 0.381 e. The minimum atomic E-state index is -0.631. The van der Waals surface area contributed by atoms with Crippen LogP contribution < -0.4 is 21.5 Å². The topological polar surface area (TPSA) is 129 Å². The first kappa shape index (κ1) is 21.1. The lowest BCUT2D eigenvalue weighted by Crippen LogP contribution is -2.50. The van der Waals surface area contributed by atoms with E-state index in [4.69, 9.17) is 15.2 Å². The van der Waals surface area contributed by atoms with E-state index in [9.17, 15) is 9.59 Å². The second-order valence-electron chi connectivity index (χ2n) is 9.30. The van der Waals surface area contributed by atoms with E-state index in [2.05, 4.69) is 20.3 Å². The van der Waals surface area contributed by atoms with Crippen molar-refractivity contribution in [3.63, 3.8) is 0 Å². The summed E-state index contributed by atoms with van der Waals surface area (Å²) in [5, 5.41) is 7.71. The molecule has 0 radical (unpaired) electrons. The number of hydrogen-bond acceptors (Lipinski definition) is 8. The Hall–Kier alpha value is -3.44. The van der Waals surface area contributed by atoms with Crippen molar-refractivity contribution in [2.24, 2.45) is 17.6 Å². The van der Waals surface area contributed by atoms with Gasteiger partial charge in [-0.2, -0.15) is 0 Å². The normalized spacial score (nSPS) is 27.3. The molecule has 2 unspecified atom stereocenters. The van der Waals surface area contributed by atoms with Crippen LogP contribution in [0.4, 0.5) is 17.2 Å². The van der Waals surface area contributed by atoms with Crippen LogP contribution in [-0.4, -0.2) is 64.6 Å². The van der Waals surface area contributed by atoms with Crippen LogP contribution in [0.3, 0.4) is 0 Å². The van der Waals surface area contributed by atoms with Gasteiger partial charge in [0.05, 0.1) is 37.2 Å². The van der Waals surface area contributed by atoms with E-state index in [0.29, 0.717) is 42.2 Å². The van der Waals surface area contributed by atoms with E-state index in [1.807, 2.05) is 25.4 Å². The zero-order valence-corrected chi connectivity index (χ0v) is 19.0. The van der Waals surface area contributed by atoms with Crippen LogP contribution in [0.25, 0.3) is 5.65 Å². The maximum Gasteiger partial charge on any atom is 0.274 e. The number of hydrogen-bond donors (Lipinski definition) is 2. The number of likely N-dealkylation sites (N-methyl/N-ethyl adjacent to an activating group) is 1. The van der Waals surface area contributed by atoms with Gasteiger partial charge in [0.1, 0.15) is 11.4 Å². The number of ether oxygens (including phenoxy) is 2. The van der Waals surface area contributed by atoms with Gasteiger partial charge < -0.3 is 30.0 Å². The lowest BCUT2D eigenvalue weighted by atomic mass is 9.87. The monoisotopic (exact) mass is 465 g/mol. The van der Waals surface area contributed by atoms with Crippen LogP contribution in [0.1, 0.15) is 29.4 Å². The molecule has 0 spiro atoms. The molecule has 34 heavy (non-hydrogen) atoms. The number of aromatic nitrogens is 4. The third-order valence-corrected chi connectivity index (χ3v) is 7.52. The molecule has 3 aromatic heterocycles. The Kier molecular flexibility index (Phi) is 4.85. The minimum Gasteiger partial charge on any atom is -0.381 e. The number of carbonyl (C=O) groups excluding carboxylic acids is 1. The van der Waals surface area contributed by atoms with Gasteiger partial charge in [-0.25, -0.2) is 9.50 Å². The summed E-state index contributed by atoms with van der Waals surface area (Å²) >= 11 is 0. The maximum atomic E-state index is 13.3. The van der Waals surface area contributed by atoms with Crippen molar-refractivity contribution in [1.29, 1.82) is 0 Å². The molecule has 6 rings (SSSR count). The summed E-state index contributed by atoms with van der Waals surface area (Å²) in [6.07, 6.45) is 5.32. The fourth-order valence-corrected chi connectivity index (χ4v) is 5.39. The number of nitrogens with one attached hydrogen (secondary N) is 1. The van der Waals surface area contributed by atoms with Crippen molar-refractivity contribution in [1.82, 2.24) is 19.2 Å². The van der Waals surface area contributed by atoms with E-state index in [1.54, 1.807) is 17.7 Å². The molecule has 4 atom stereocenters. The smallest absolute Gasteiger partial charge is 0.274 e. The molecule has 3 fully saturated rings. The molecule has 0 aromatic carbocycles. The molecule has 4 heterocycles. The van der Waals surface area contributed by atoms with E-state index in [0.717, 1.165) is 18.5 Å². The molecule has 1 saturated heterocycles. The van der Waals surface area contributed by atoms with Crippen LogP contribution >= 0.6 is 0 Å². The van der Waals surface area contributed by atoms with Crippen molar-refractivity contribution in [2.75, 3.05) is 37.6 Å². The highest BCUT2D eigenvalue weighted by Gasteiger charge is 2.55. The molecule has 178 valence electrons. The third-order valence-electron chi connectivity index (χ3n) is 7.52. The van der Waals surface area contributed by atoms with Gasteiger partial charge >= 0.3 is 0 Å². The number of methoxy groups -OCH3 is 1. The summed E-state index contributed by atoms with van der Waals surface area (Å²) in [4.78, 5) is 31.8. The molecule has 2 aliphatic carbocycles. The first-order valence-electron chi connectivity index (χ1n) is 11.5. The molecule has 1 amide bonds. The second-order valence-corrected chi connectivity index (χ2v) is 9.30. The van der Waals surface area contributed by atoms with E-state index in [-0.39, 0.29) is 29.4 Å². The van der Waals surface area contributed by atoms with Crippen LogP contribution in [0.15, 0.2) is 35.4 Å². The molecule has 3 aromatic rings. The number of nitrogens with zero attached hydrogens (tertiary/aromatic N) is 5. The number of amides is 1. The zero-order valence-electron chi connectivity index (χ0n) is 19.0. The average molecular weight is 466 g/mol. The van der Waals surface area contributed by atoms with Gasteiger partial charge in [-0.3, -0.25) is 9.59 Å². The Balaban J connectivity index is 1.39. The van der Waals surface area contributed by atoms with Crippen molar-refractivity contribution < 1.29 is 14.3 Å². The Labute approximate surface area is 195 Å². The number of anilines is 3. The van der Waals surface area contributed by atoms with Gasteiger partial charge in [-0.15, -0.1) is 5.10 Å². The van der Waals surface area contributed by atoms with Crippen LogP contribution in [0.5, 0.6) is 0 Å². The summed E-state index contributed by atoms with van der Waals surface area (Å²) in [7, 11) is 3.68. The number of imidazole rings is 1. The standard InChI is InChI=1S/C23H27N7O4/c1-28(15-5-6-18(15)33-2)16-8-19(27-30-17(21(24)31)9-25-22(16)30)26-14-4-3-7-29(23(14)32)20-12-10-34-11-13(12)20/h3-4,7-9,12-13,15,18,20H,5-6,10-11H2,1-2H3,(H2,24,31)(H,26,27)/t12?,13?,15-,18-,20?/m0/s1. The third kappa shape index (κ3) is 3.18. The summed E-state index contributed by atoms with van der Waals surface area (Å²) in [5.74, 6) is 0.594. The van der Waals surface area contributed by atoms with Gasteiger partial charge in [-0.1, -0.05) is 0 Å². The first-order valence-corrected chi connectivity index (χ1v) is 11.5. The summed E-state index contributed by atoms with van der Waals surface area (Å²) < 4.78 is 14.3. The lowest BCUT2D eigenvalue weighted by Gasteiger charge is -2.42. The molecule has 3 N–H and O–H groups in total. The number of carbonyl (C=O) groups is 1. The Bertz CT molecular complexity index is 1320. The van der Waals surface area contributed by atoms with Gasteiger partial charge in [0, 0.05) is 44.3 Å². The molecule has 3 aliphatic rings. The van der Waals surface area contributed by atoms with Crippen LogP contribution in [0.2, 0.25) is 0 Å². The predicted molar refractivity (Wildman–Crippen MR) is 125 cm³/mol. The molecule has 11 heteroatoms. The van der Waals surface area contributed by atoms with Crippen molar-refractivity contribution >= 4 is 28.7 Å². The maximum absolute atomic E-state index is 13.3. The number of primary amides is 1. The Morgan fingerprint density at radius 3 is 2.79 bits per heavy atom. The van der Waals surface area contributed by atoms with Crippen LogP contribution in [0, 0.1) is 11.8 Å². The predicted octanol–water partition coefficient (Wildman–Crippen LogP) is 1.16. The lowest BCUT2D eigenvalue weighted by molar-refractivity contribution is 0.0196. The summed E-state index contributed by atoms with van der Waals surface area (Å²) in [5.41, 5.74) is 7.31. The van der Waals surface area contributed by atoms with E-state index in [1.165, 1.54) is 10.7 Å². The fourth-order valence-electron chi connectivity index (χ4n) is 5.39. The highest BCUT2D eigenvalue weighted by Crippen LogP contribution is 2.53. The van der Waals surface area contributed by atoms with E-state index < -0.39 is 5.91 Å². The summed E-state index contributed by atoms with van der Waals surface area (Å²) in [6, 6.07) is 5.78. The van der Waals surface area contributed by atoms with Crippen molar-refractivity contribution in [3.05, 3.63) is 46.6 Å². The Morgan fingerprint density at radius 1 is 1.32 bits per heavy atom. The van der Waals surface area contributed by atoms with Crippen molar-refractivity contribution in [3.8, 4) is 0 Å². The second kappa shape index (κ2) is 7.81.